The maximum absolute atomic E-state index is 13.0. The molecular weight excluding hydrogens is 370 g/mol. The van der Waals surface area contributed by atoms with Crippen molar-refractivity contribution in [3.8, 4) is 0 Å². The maximum Gasteiger partial charge on any atom is 0.269 e. The van der Waals surface area contributed by atoms with Gasteiger partial charge in [-0.1, -0.05) is 31.2 Å². The van der Waals surface area contributed by atoms with Crippen LogP contribution in [-0.4, -0.2) is 35.2 Å². The number of nitro groups is 1. The first-order chi connectivity index (χ1) is 13.8. The number of benzene rings is 2. The molecule has 1 heterocycles. The molecular formula is C22H25N3O4. The van der Waals surface area contributed by atoms with Crippen molar-refractivity contribution in [1.82, 2.24) is 4.90 Å². The van der Waals surface area contributed by atoms with Crippen molar-refractivity contribution in [3.63, 3.8) is 0 Å². The number of hydrogen-bond donors (Lipinski definition) is 0. The number of carbonyl (C=O) groups is 2. The summed E-state index contributed by atoms with van der Waals surface area (Å²) in [5.41, 5.74) is 2.64. The van der Waals surface area contributed by atoms with E-state index >= 15 is 0 Å². The van der Waals surface area contributed by atoms with Gasteiger partial charge in [-0.2, -0.15) is 0 Å². The minimum atomic E-state index is -0.448. The van der Waals surface area contributed by atoms with Crippen molar-refractivity contribution in [2.45, 2.75) is 32.7 Å². The molecule has 0 N–H and O–H groups in total. The number of non-ortho nitro benzene ring substituents is 1. The summed E-state index contributed by atoms with van der Waals surface area (Å²) in [6, 6.07) is 13.8. The largest absolute Gasteiger partial charge is 0.339 e. The number of rotatable bonds is 6. The Bertz CT molecular complexity index is 943. The molecule has 7 heteroatoms. The van der Waals surface area contributed by atoms with Crippen molar-refractivity contribution in [3.05, 3.63) is 69.8 Å². The summed E-state index contributed by atoms with van der Waals surface area (Å²) >= 11 is 0. The Labute approximate surface area is 170 Å². The smallest absolute Gasteiger partial charge is 0.269 e. The first-order valence-electron chi connectivity index (χ1n) is 9.72. The second-order valence-corrected chi connectivity index (χ2v) is 7.41. The van der Waals surface area contributed by atoms with Crippen LogP contribution in [0.1, 0.15) is 37.4 Å². The molecule has 1 aliphatic heterocycles. The Balaban J connectivity index is 1.73. The third kappa shape index (κ3) is 4.29. The summed E-state index contributed by atoms with van der Waals surface area (Å²) in [7, 11) is 1.68. The first kappa shape index (κ1) is 20.5. The molecule has 0 unspecified atom stereocenters. The maximum atomic E-state index is 13.0. The lowest BCUT2D eigenvalue weighted by atomic mass is 10.0. The SMILES string of the molecule is CCc1cccc(N2C[C@@H](C(=O)N(C)[C@@H](C)c3cccc([N+](=O)[O-])c3)CC2=O)c1. The highest BCUT2D eigenvalue weighted by molar-refractivity contribution is 6.00. The minimum Gasteiger partial charge on any atom is -0.339 e. The second-order valence-electron chi connectivity index (χ2n) is 7.41. The predicted molar refractivity (Wildman–Crippen MR) is 111 cm³/mol. The second kappa shape index (κ2) is 8.43. The van der Waals surface area contributed by atoms with Gasteiger partial charge >= 0.3 is 0 Å². The van der Waals surface area contributed by atoms with Crippen LogP contribution in [0.25, 0.3) is 0 Å². The molecule has 2 aromatic rings. The Morgan fingerprint density at radius 1 is 1.28 bits per heavy atom. The highest BCUT2D eigenvalue weighted by Gasteiger charge is 2.37. The predicted octanol–water partition coefficient (Wildman–Crippen LogP) is 3.73. The molecule has 152 valence electrons. The van der Waals surface area contributed by atoms with Crippen LogP contribution in [0, 0.1) is 16.0 Å². The van der Waals surface area contributed by atoms with E-state index in [4.69, 9.17) is 0 Å². The van der Waals surface area contributed by atoms with E-state index in [1.165, 1.54) is 12.1 Å². The summed E-state index contributed by atoms with van der Waals surface area (Å²) in [5, 5.41) is 11.0. The number of nitro benzene ring substituents is 1. The molecule has 1 aliphatic rings. The van der Waals surface area contributed by atoms with Crippen LogP contribution in [-0.2, 0) is 16.0 Å². The van der Waals surface area contributed by atoms with Crippen LogP contribution >= 0.6 is 0 Å². The molecule has 0 aliphatic carbocycles. The van der Waals surface area contributed by atoms with E-state index in [0.717, 1.165) is 17.7 Å². The number of nitrogens with zero attached hydrogens (tertiary/aromatic N) is 3. The summed E-state index contributed by atoms with van der Waals surface area (Å²) in [6.45, 7) is 4.23. The molecule has 2 amide bonds. The van der Waals surface area contributed by atoms with Crippen molar-refractivity contribution >= 4 is 23.2 Å². The van der Waals surface area contributed by atoms with E-state index in [9.17, 15) is 19.7 Å². The quantitative estimate of drug-likeness (QED) is 0.551. The molecule has 0 saturated carbocycles. The first-order valence-corrected chi connectivity index (χ1v) is 9.72. The lowest BCUT2D eigenvalue weighted by Gasteiger charge is -2.28. The molecule has 0 spiro atoms. The van der Waals surface area contributed by atoms with E-state index in [-0.39, 0.29) is 30.0 Å². The Morgan fingerprint density at radius 2 is 2.00 bits per heavy atom. The fourth-order valence-electron chi connectivity index (χ4n) is 3.67. The Hall–Kier alpha value is -3.22. The van der Waals surface area contributed by atoms with Crippen LogP contribution in [0.4, 0.5) is 11.4 Å². The molecule has 0 bridgehead atoms. The lowest BCUT2D eigenvalue weighted by Crippen LogP contribution is -2.36. The number of amides is 2. The third-order valence-electron chi connectivity index (χ3n) is 5.60. The van der Waals surface area contributed by atoms with E-state index < -0.39 is 10.8 Å². The standard InChI is InChI=1S/C22H25N3O4/c1-4-16-7-5-9-19(11-16)24-14-18(13-21(24)26)22(27)23(3)15(2)17-8-6-10-20(12-17)25(28)29/h5-12,15,18H,4,13-14H2,1-3H3/t15-,18-/m0/s1. The van der Waals surface area contributed by atoms with Gasteiger partial charge in [0.25, 0.3) is 5.69 Å². The van der Waals surface area contributed by atoms with Crippen LogP contribution in [0.2, 0.25) is 0 Å². The molecule has 1 fully saturated rings. The molecule has 1 saturated heterocycles. The molecule has 29 heavy (non-hydrogen) atoms. The van der Waals surface area contributed by atoms with Gasteiger partial charge in [0.15, 0.2) is 0 Å². The van der Waals surface area contributed by atoms with Gasteiger partial charge in [0.2, 0.25) is 11.8 Å². The van der Waals surface area contributed by atoms with Crippen LogP contribution in [0.3, 0.4) is 0 Å². The van der Waals surface area contributed by atoms with E-state index in [0.29, 0.717) is 12.1 Å². The average Bonchev–Trinajstić information content (AvgIpc) is 3.13. The van der Waals surface area contributed by atoms with Gasteiger partial charge in [-0.05, 0) is 36.6 Å². The number of anilines is 1. The van der Waals surface area contributed by atoms with E-state index in [2.05, 4.69) is 6.92 Å². The van der Waals surface area contributed by atoms with Crippen molar-refractivity contribution in [2.75, 3.05) is 18.5 Å². The molecule has 2 aromatic carbocycles. The average molecular weight is 395 g/mol. The summed E-state index contributed by atoms with van der Waals surface area (Å²) in [5.74, 6) is -0.626. The van der Waals surface area contributed by atoms with E-state index in [1.807, 2.05) is 31.2 Å². The molecule has 0 aromatic heterocycles. The summed E-state index contributed by atoms with van der Waals surface area (Å²) in [4.78, 5) is 39.4. The summed E-state index contributed by atoms with van der Waals surface area (Å²) in [6.07, 6.45) is 1.04. The fourth-order valence-corrected chi connectivity index (χ4v) is 3.67. The van der Waals surface area contributed by atoms with Gasteiger partial charge < -0.3 is 9.80 Å². The highest BCUT2D eigenvalue weighted by atomic mass is 16.6. The monoisotopic (exact) mass is 395 g/mol. The van der Waals surface area contributed by atoms with Crippen LogP contribution in [0.5, 0.6) is 0 Å². The molecule has 2 atom stereocenters. The van der Waals surface area contributed by atoms with Crippen LogP contribution < -0.4 is 4.90 Å². The van der Waals surface area contributed by atoms with Gasteiger partial charge in [0.05, 0.1) is 16.9 Å². The highest BCUT2D eigenvalue weighted by Crippen LogP contribution is 2.30. The molecule has 7 nitrogen and oxygen atoms in total. The van der Waals surface area contributed by atoms with Gasteiger partial charge in [-0.15, -0.1) is 0 Å². The lowest BCUT2D eigenvalue weighted by molar-refractivity contribution is -0.384. The minimum absolute atomic E-state index is 0.00627. The van der Waals surface area contributed by atoms with Crippen molar-refractivity contribution in [1.29, 1.82) is 0 Å². The molecule has 3 rings (SSSR count). The van der Waals surface area contributed by atoms with Gasteiger partial charge in [0.1, 0.15) is 0 Å². The normalized spacial score (nSPS) is 17.3. The Morgan fingerprint density at radius 3 is 2.69 bits per heavy atom. The van der Waals surface area contributed by atoms with E-state index in [1.54, 1.807) is 29.0 Å². The zero-order valence-corrected chi connectivity index (χ0v) is 16.9. The summed E-state index contributed by atoms with van der Waals surface area (Å²) < 4.78 is 0. The van der Waals surface area contributed by atoms with Crippen molar-refractivity contribution < 1.29 is 14.5 Å². The topological polar surface area (TPSA) is 83.8 Å². The fraction of sp³-hybridized carbons (Fsp3) is 0.364. The van der Waals surface area contributed by atoms with Gasteiger partial charge in [-0.25, -0.2) is 0 Å². The van der Waals surface area contributed by atoms with Crippen LogP contribution in [0.15, 0.2) is 48.5 Å². The molecule has 0 radical (unpaired) electrons. The zero-order chi connectivity index (χ0) is 21.1. The van der Waals surface area contributed by atoms with Gasteiger partial charge in [-0.3, -0.25) is 19.7 Å². The Kier molecular flexibility index (Phi) is 5.96. The van der Waals surface area contributed by atoms with Gasteiger partial charge in [0, 0.05) is 37.8 Å². The number of hydrogen-bond acceptors (Lipinski definition) is 4. The number of aryl methyl sites for hydroxylation is 1. The van der Waals surface area contributed by atoms with Crippen molar-refractivity contribution in [2.24, 2.45) is 5.92 Å². The third-order valence-corrected chi connectivity index (χ3v) is 5.60. The number of carbonyl (C=O) groups excluding carboxylic acids is 2. The zero-order valence-electron chi connectivity index (χ0n) is 16.9.